The highest BCUT2D eigenvalue weighted by molar-refractivity contribution is 7.99. The number of anilines is 3. The molecule has 0 bridgehead atoms. The van der Waals surface area contributed by atoms with E-state index in [1.165, 1.54) is 35.6 Å². The van der Waals surface area contributed by atoms with Crippen LogP contribution in [0.1, 0.15) is 28.1 Å². The summed E-state index contributed by atoms with van der Waals surface area (Å²) in [6, 6.07) is 13.2. The SMILES string of the molecule is CN1CCCC(CSc2cccc(Nc3nc(N)c(C(=O)c4c(Cl)cccc4Cl)s3)c2)C1. The topological polar surface area (TPSA) is 71.2 Å². The molecule has 0 saturated carbocycles. The van der Waals surface area contributed by atoms with Gasteiger partial charge in [0.05, 0.1) is 15.6 Å². The van der Waals surface area contributed by atoms with Crippen molar-refractivity contribution in [3.8, 4) is 0 Å². The summed E-state index contributed by atoms with van der Waals surface area (Å²) in [6.45, 7) is 2.36. The number of benzene rings is 2. The molecule has 1 aliphatic heterocycles. The van der Waals surface area contributed by atoms with Gasteiger partial charge in [-0.2, -0.15) is 0 Å². The van der Waals surface area contributed by atoms with Crippen molar-refractivity contribution in [2.75, 3.05) is 36.9 Å². The molecule has 1 fully saturated rings. The lowest BCUT2D eigenvalue weighted by Gasteiger charge is -2.29. The van der Waals surface area contributed by atoms with Gasteiger partial charge >= 0.3 is 0 Å². The second-order valence-electron chi connectivity index (χ2n) is 7.89. The van der Waals surface area contributed by atoms with Gasteiger partial charge in [-0.05, 0) is 62.7 Å². The Bertz CT molecular complexity index is 1100. The second-order valence-corrected chi connectivity index (χ2v) is 10.8. The highest BCUT2D eigenvalue weighted by Gasteiger charge is 2.23. The van der Waals surface area contributed by atoms with Crippen molar-refractivity contribution in [1.82, 2.24) is 9.88 Å². The molecule has 1 aliphatic rings. The summed E-state index contributed by atoms with van der Waals surface area (Å²) < 4.78 is 0. The van der Waals surface area contributed by atoms with Crippen molar-refractivity contribution in [3.63, 3.8) is 0 Å². The smallest absolute Gasteiger partial charge is 0.209 e. The molecule has 9 heteroatoms. The van der Waals surface area contributed by atoms with E-state index >= 15 is 0 Å². The first-order valence-corrected chi connectivity index (χ1v) is 12.9. The zero-order valence-corrected chi connectivity index (χ0v) is 20.8. The van der Waals surface area contributed by atoms with Crippen LogP contribution in [-0.4, -0.2) is 41.6 Å². The lowest BCUT2D eigenvalue weighted by atomic mass is 10.0. The third-order valence-electron chi connectivity index (χ3n) is 5.34. The summed E-state index contributed by atoms with van der Waals surface area (Å²) in [5, 5.41) is 4.40. The van der Waals surface area contributed by atoms with Crippen LogP contribution in [0.2, 0.25) is 10.0 Å². The fraction of sp³-hybridized carbons (Fsp3) is 0.304. The second kappa shape index (κ2) is 10.4. The first-order chi connectivity index (χ1) is 15.4. The van der Waals surface area contributed by atoms with Gasteiger partial charge in [-0.15, -0.1) is 11.8 Å². The molecule has 0 amide bonds. The lowest BCUT2D eigenvalue weighted by molar-refractivity contribution is 0.104. The molecular formula is C23H24Cl2N4OS2. The number of aromatic nitrogens is 1. The van der Waals surface area contributed by atoms with Gasteiger partial charge in [-0.1, -0.05) is 46.7 Å². The maximum atomic E-state index is 13.0. The fourth-order valence-corrected chi connectivity index (χ4v) is 6.29. The third-order valence-corrected chi connectivity index (χ3v) is 8.18. The third kappa shape index (κ3) is 5.58. The zero-order valence-electron chi connectivity index (χ0n) is 17.6. The number of thiazole rings is 1. The van der Waals surface area contributed by atoms with E-state index in [0.29, 0.717) is 20.1 Å². The Morgan fingerprint density at radius 1 is 1.28 bits per heavy atom. The maximum Gasteiger partial charge on any atom is 0.209 e. The standard InChI is InChI=1S/C23H24Cl2N4OS2/c1-29-10-4-5-14(12-29)13-31-16-7-2-6-15(11-16)27-23-28-22(26)21(32-23)20(30)19-17(24)8-3-9-18(19)25/h2-3,6-9,11,14H,4-5,10,12-13,26H2,1H3,(H,27,28). The van der Waals surface area contributed by atoms with E-state index in [1.807, 2.05) is 23.9 Å². The first-order valence-electron chi connectivity index (χ1n) is 10.3. The van der Waals surface area contributed by atoms with E-state index in [-0.39, 0.29) is 17.2 Å². The number of ketones is 1. The summed E-state index contributed by atoms with van der Waals surface area (Å²) in [4.78, 5) is 21.2. The molecule has 1 unspecified atom stereocenters. The molecule has 3 N–H and O–H groups in total. The summed E-state index contributed by atoms with van der Waals surface area (Å²) in [7, 11) is 2.19. The number of hydrogen-bond acceptors (Lipinski definition) is 7. The quantitative estimate of drug-likeness (QED) is 0.283. The predicted octanol–water partition coefficient (Wildman–Crippen LogP) is 6.44. The van der Waals surface area contributed by atoms with Crippen LogP contribution < -0.4 is 11.1 Å². The first kappa shape index (κ1) is 23.4. The molecule has 0 spiro atoms. The number of piperidine rings is 1. The van der Waals surface area contributed by atoms with E-state index in [2.05, 4.69) is 34.4 Å². The molecule has 1 saturated heterocycles. The van der Waals surface area contributed by atoms with E-state index in [1.54, 1.807) is 18.2 Å². The largest absolute Gasteiger partial charge is 0.382 e. The van der Waals surface area contributed by atoms with Crippen molar-refractivity contribution >= 4 is 68.7 Å². The number of nitrogens with zero attached hydrogens (tertiary/aromatic N) is 2. The number of nitrogens with one attached hydrogen (secondary N) is 1. The van der Waals surface area contributed by atoms with E-state index in [0.717, 1.165) is 23.9 Å². The number of carbonyl (C=O) groups is 1. The van der Waals surface area contributed by atoms with Crippen LogP contribution in [0.15, 0.2) is 47.4 Å². The summed E-state index contributed by atoms with van der Waals surface area (Å²) in [6.07, 6.45) is 2.56. The Hall–Kier alpha value is -1.77. The summed E-state index contributed by atoms with van der Waals surface area (Å²) in [5.41, 5.74) is 7.19. The Balaban J connectivity index is 1.45. The lowest BCUT2D eigenvalue weighted by Crippen LogP contribution is -2.33. The molecule has 32 heavy (non-hydrogen) atoms. The van der Waals surface area contributed by atoms with Gasteiger partial charge in [0.25, 0.3) is 0 Å². The van der Waals surface area contributed by atoms with Crippen LogP contribution in [0.4, 0.5) is 16.6 Å². The fourth-order valence-electron chi connectivity index (χ4n) is 3.79. The Morgan fingerprint density at radius 2 is 2.03 bits per heavy atom. The Morgan fingerprint density at radius 3 is 2.78 bits per heavy atom. The van der Waals surface area contributed by atoms with Crippen molar-refractivity contribution in [2.24, 2.45) is 5.92 Å². The predicted molar refractivity (Wildman–Crippen MR) is 137 cm³/mol. The molecule has 1 atom stereocenters. The van der Waals surface area contributed by atoms with Gasteiger partial charge in [-0.3, -0.25) is 4.79 Å². The van der Waals surface area contributed by atoms with Crippen LogP contribution in [0.3, 0.4) is 0 Å². The van der Waals surface area contributed by atoms with Crippen LogP contribution in [0, 0.1) is 5.92 Å². The van der Waals surface area contributed by atoms with E-state index in [9.17, 15) is 4.79 Å². The minimum absolute atomic E-state index is 0.158. The molecule has 2 heterocycles. The number of rotatable bonds is 7. The zero-order chi connectivity index (χ0) is 22.7. The number of nitrogens with two attached hydrogens (primary N) is 1. The molecule has 3 aromatic rings. The molecule has 1 aromatic heterocycles. The van der Waals surface area contributed by atoms with Crippen molar-refractivity contribution in [2.45, 2.75) is 17.7 Å². The van der Waals surface area contributed by atoms with Gasteiger partial charge < -0.3 is 16.0 Å². The average Bonchev–Trinajstić information content (AvgIpc) is 3.12. The monoisotopic (exact) mass is 506 g/mol. The number of likely N-dealkylation sites (tertiary alicyclic amines) is 1. The molecule has 2 aromatic carbocycles. The number of thioether (sulfide) groups is 1. The molecule has 168 valence electrons. The van der Waals surface area contributed by atoms with Crippen LogP contribution in [0.25, 0.3) is 0 Å². The molecule has 0 aliphatic carbocycles. The Labute approximate surface area is 206 Å². The van der Waals surface area contributed by atoms with Crippen molar-refractivity contribution in [1.29, 1.82) is 0 Å². The summed E-state index contributed by atoms with van der Waals surface area (Å²) in [5.74, 6) is 1.66. The normalized spacial score (nSPS) is 16.8. The van der Waals surface area contributed by atoms with Crippen LogP contribution >= 0.6 is 46.3 Å². The Kier molecular flexibility index (Phi) is 7.63. The van der Waals surface area contributed by atoms with Gasteiger partial charge in [0, 0.05) is 22.9 Å². The van der Waals surface area contributed by atoms with Crippen molar-refractivity contribution in [3.05, 3.63) is 63.0 Å². The maximum absolute atomic E-state index is 13.0. The molecule has 5 nitrogen and oxygen atoms in total. The average molecular weight is 508 g/mol. The van der Waals surface area contributed by atoms with Crippen molar-refractivity contribution < 1.29 is 4.79 Å². The van der Waals surface area contributed by atoms with Gasteiger partial charge in [-0.25, -0.2) is 4.98 Å². The van der Waals surface area contributed by atoms with Gasteiger partial charge in [0.2, 0.25) is 5.78 Å². The van der Waals surface area contributed by atoms with Gasteiger partial charge in [0.15, 0.2) is 5.13 Å². The van der Waals surface area contributed by atoms with Crippen LogP contribution in [-0.2, 0) is 0 Å². The number of halogens is 2. The number of carbonyl (C=O) groups excluding carboxylic acids is 1. The van der Waals surface area contributed by atoms with E-state index < -0.39 is 0 Å². The van der Waals surface area contributed by atoms with Crippen LogP contribution in [0.5, 0.6) is 0 Å². The number of nitrogen functional groups attached to an aromatic ring is 1. The highest BCUT2D eigenvalue weighted by Crippen LogP contribution is 2.34. The van der Waals surface area contributed by atoms with E-state index in [4.69, 9.17) is 28.9 Å². The van der Waals surface area contributed by atoms with Gasteiger partial charge in [0.1, 0.15) is 10.7 Å². The minimum atomic E-state index is -0.328. The molecular weight excluding hydrogens is 483 g/mol. The molecule has 0 radical (unpaired) electrons. The number of hydrogen-bond donors (Lipinski definition) is 2. The highest BCUT2D eigenvalue weighted by atomic mass is 35.5. The summed E-state index contributed by atoms with van der Waals surface area (Å²) >= 11 is 15.4. The minimum Gasteiger partial charge on any atom is -0.382 e. The molecule has 4 rings (SSSR count).